The van der Waals surface area contributed by atoms with E-state index in [9.17, 15) is 4.79 Å². The Morgan fingerprint density at radius 2 is 2.28 bits per heavy atom. The van der Waals surface area contributed by atoms with Gasteiger partial charge in [-0.3, -0.25) is 4.79 Å². The Morgan fingerprint density at radius 1 is 1.50 bits per heavy atom. The lowest BCUT2D eigenvalue weighted by Gasteiger charge is -2.12. The van der Waals surface area contributed by atoms with Crippen molar-refractivity contribution in [3.8, 4) is 0 Å². The van der Waals surface area contributed by atoms with Gasteiger partial charge in [0.2, 0.25) is 5.91 Å². The molecule has 1 rings (SSSR count). The molecule has 0 aromatic carbocycles. The molecule has 1 amide bonds. The minimum absolute atomic E-state index is 0.000341. The van der Waals surface area contributed by atoms with Crippen LogP contribution in [0.25, 0.3) is 0 Å². The number of H-pyrrole nitrogens is 1. The Morgan fingerprint density at radius 3 is 2.89 bits per heavy atom. The van der Waals surface area contributed by atoms with E-state index in [1.165, 1.54) is 0 Å². The number of carbonyl (C=O) groups excluding carboxylic acids is 1. The molecule has 0 radical (unpaired) electrons. The highest BCUT2D eigenvalue weighted by Gasteiger charge is 2.14. The van der Waals surface area contributed by atoms with E-state index >= 15 is 0 Å². The lowest BCUT2D eigenvalue weighted by atomic mass is 10.1. The molecular formula is C11H22N6O. The van der Waals surface area contributed by atoms with E-state index < -0.39 is 6.04 Å². The number of carbonyl (C=O) groups is 1. The number of amides is 1. The van der Waals surface area contributed by atoms with Crippen LogP contribution >= 0.6 is 0 Å². The van der Waals surface area contributed by atoms with Gasteiger partial charge in [0.25, 0.3) is 0 Å². The van der Waals surface area contributed by atoms with Crippen LogP contribution in [0.1, 0.15) is 18.5 Å². The zero-order valence-corrected chi connectivity index (χ0v) is 10.4. The normalized spacial score (nSPS) is 14.2. The summed E-state index contributed by atoms with van der Waals surface area (Å²) in [5.41, 5.74) is 17.6. The first kappa shape index (κ1) is 14.6. The van der Waals surface area contributed by atoms with Gasteiger partial charge < -0.3 is 27.5 Å². The number of aromatic amines is 1. The SMILES string of the molecule is NCC(N)CCCNC(=O)[C@@H](N)Cc1c[nH]cn1. The lowest BCUT2D eigenvalue weighted by Crippen LogP contribution is -2.42. The first-order valence-corrected chi connectivity index (χ1v) is 6.10. The van der Waals surface area contributed by atoms with E-state index in [1.54, 1.807) is 12.5 Å². The average Bonchev–Trinajstić information content (AvgIpc) is 2.86. The molecule has 1 unspecified atom stereocenters. The van der Waals surface area contributed by atoms with Gasteiger partial charge in [-0.05, 0) is 12.8 Å². The molecule has 18 heavy (non-hydrogen) atoms. The maximum absolute atomic E-state index is 11.7. The maximum atomic E-state index is 11.7. The van der Waals surface area contributed by atoms with Crippen LogP contribution in [0.5, 0.6) is 0 Å². The Labute approximate surface area is 107 Å². The van der Waals surface area contributed by atoms with Crippen LogP contribution in [0, 0.1) is 0 Å². The van der Waals surface area contributed by atoms with Gasteiger partial charge in [-0.15, -0.1) is 0 Å². The van der Waals surface area contributed by atoms with Gasteiger partial charge in [-0.2, -0.15) is 0 Å². The van der Waals surface area contributed by atoms with Gasteiger partial charge >= 0.3 is 0 Å². The maximum Gasteiger partial charge on any atom is 0.237 e. The molecule has 0 aliphatic heterocycles. The molecule has 102 valence electrons. The topological polar surface area (TPSA) is 136 Å². The fourth-order valence-corrected chi connectivity index (χ4v) is 1.55. The van der Waals surface area contributed by atoms with E-state index in [4.69, 9.17) is 17.2 Å². The van der Waals surface area contributed by atoms with Gasteiger partial charge in [0.1, 0.15) is 0 Å². The molecule has 7 heteroatoms. The van der Waals surface area contributed by atoms with Crippen LogP contribution < -0.4 is 22.5 Å². The van der Waals surface area contributed by atoms with Crippen LogP contribution in [-0.4, -0.2) is 41.0 Å². The number of nitrogens with zero attached hydrogens (tertiary/aromatic N) is 1. The zero-order valence-electron chi connectivity index (χ0n) is 10.4. The molecule has 2 atom stereocenters. The smallest absolute Gasteiger partial charge is 0.237 e. The Balaban J connectivity index is 2.16. The van der Waals surface area contributed by atoms with Crippen LogP contribution in [0.2, 0.25) is 0 Å². The van der Waals surface area contributed by atoms with Crippen molar-refractivity contribution in [2.24, 2.45) is 17.2 Å². The van der Waals surface area contributed by atoms with Crippen LogP contribution in [-0.2, 0) is 11.2 Å². The highest BCUT2D eigenvalue weighted by Crippen LogP contribution is 1.97. The summed E-state index contributed by atoms with van der Waals surface area (Å²) < 4.78 is 0. The quantitative estimate of drug-likeness (QED) is 0.358. The summed E-state index contributed by atoms with van der Waals surface area (Å²) in [6.07, 6.45) is 5.32. The summed E-state index contributed by atoms with van der Waals surface area (Å²) in [6, 6.07) is -0.573. The first-order chi connectivity index (χ1) is 8.63. The van der Waals surface area contributed by atoms with Crippen molar-refractivity contribution in [3.05, 3.63) is 18.2 Å². The fraction of sp³-hybridized carbons (Fsp3) is 0.636. The summed E-state index contributed by atoms with van der Waals surface area (Å²) in [5, 5.41) is 2.78. The van der Waals surface area contributed by atoms with Gasteiger partial charge in [0.15, 0.2) is 0 Å². The Bertz CT molecular complexity index is 339. The van der Waals surface area contributed by atoms with Crippen molar-refractivity contribution in [1.29, 1.82) is 0 Å². The third-order valence-corrected chi connectivity index (χ3v) is 2.67. The predicted octanol–water partition coefficient (Wildman–Crippen LogP) is -1.54. The number of hydrogen-bond acceptors (Lipinski definition) is 5. The second-order valence-electron chi connectivity index (χ2n) is 4.30. The summed E-state index contributed by atoms with van der Waals surface area (Å²) in [6.45, 7) is 1.04. The van der Waals surface area contributed by atoms with E-state index in [1.807, 2.05) is 0 Å². The van der Waals surface area contributed by atoms with Crippen molar-refractivity contribution in [2.45, 2.75) is 31.3 Å². The van der Waals surface area contributed by atoms with Crippen LogP contribution in [0.15, 0.2) is 12.5 Å². The number of rotatable bonds is 8. The summed E-state index contributed by atoms with van der Waals surface area (Å²) >= 11 is 0. The molecule has 7 nitrogen and oxygen atoms in total. The fourth-order valence-electron chi connectivity index (χ4n) is 1.55. The number of nitrogens with one attached hydrogen (secondary N) is 2. The van der Waals surface area contributed by atoms with Crippen LogP contribution in [0.3, 0.4) is 0 Å². The van der Waals surface area contributed by atoms with E-state index in [-0.39, 0.29) is 11.9 Å². The summed E-state index contributed by atoms with van der Waals surface area (Å²) in [4.78, 5) is 18.5. The van der Waals surface area contributed by atoms with Crippen molar-refractivity contribution in [1.82, 2.24) is 15.3 Å². The highest BCUT2D eigenvalue weighted by atomic mass is 16.2. The van der Waals surface area contributed by atoms with Gasteiger partial charge in [-0.1, -0.05) is 0 Å². The number of aromatic nitrogens is 2. The molecule has 0 spiro atoms. The lowest BCUT2D eigenvalue weighted by molar-refractivity contribution is -0.122. The molecule has 0 aliphatic carbocycles. The van der Waals surface area contributed by atoms with Crippen LogP contribution in [0.4, 0.5) is 0 Å². The van der Waals surface area contributed by atoms with E-state index in [0.717, 1.165) is 18.5 Å². The van der Waals surface area contributed by atoms with Crippen molar-refractivity contribution >= 4 is 5.91 Å². The second-order valence-corrected chi connectivity index (χ2v) is 4.30. The minimum Gasteiger partial charge on any atom is -0.355 e. The molecule has 1 aromatic rings. The molecule has 0 aliphatic rings. The largest absolute Gasteiger partial charge is 0.355 e. The second kappa shape index (κ2) is 7.80. The average molecular weight is 254 g/mol. The molecular weight excluding hydrogens is 232 g/mol. The summed E-state index contributed by atoms with van der Waals surface area (Å²) in [7, 11) is 0. The molecule has 1 heterocycles. The first-order valence-electron chi connectivity index (χ1n) is 6.10. The molecule has 1 aromatic heterocycles. The monoisotopic (exact) mass is 254 g/mol. The standard InChI is InChI=1S/C11H22N6O/c12-5-8(13)2-1-3-16-11(18)10(14)4-9-6-15-7-17-9/h6-8,10H,1-5,12-14H2,(H,15,17)(H,16,18)/t8?,10-/m0/s1. The van der Waals surface area contributed by atoms with E-state index in [0.29, 0.717) is 19.5 Å². The molecule has 8 N–H and O–H groups in total. The molecule has 0 saturated carbocycles. The molecule has 0 saturated heterocycles. The Hall–Kier alpha value is -1.44. The summed E-state index contributed by atoms with van der Waals surface area (Å²) in [5.74, 6) is -0.167. The predicted molar refractivity (Wildman–Crippen MR) is 69.5 cm³/mol. The molecule has 0 bridgehead atoms. The van der Waals surface area contributed by atoms with Crippen molar-refractivity contribution in [2.75, 3.05) is 13.1 Å². The Kier molecular flexibility index (Phi) is 6.34. The van der Waals surface area contributed by atoms with Crippen molar-refractivity contribution < 1.29 is 4.79 Å². The highest BCUT2D eigenvalue weighted by molar-refractivity contribution is 5.81. The zero-order chi connectivity index (χ0) is 13.4. The number of hydrogen-bond donors (Lipinski definition) is 5. The van der Waals surface area contributed by atoms with Gasteiger partial charge in [-0.25, -0.2) is 4.98 Å². The number of imidazole rings is 1. The van der Waals surface area contributed by atoms with Crippen molar-refractivity contribution in [3.63, 3.8) is 0 Å². The molecule has 0 fully saturated rings. The number of nitrogens with two attached hydrogens (primary N) is 3. The van der Waals surface area contributed by atoms with Gasteiger partial charge in [0, 0.05) is 31.7 Å². The third-order valence-electron chi connectivity index (χ3n) is 2.67. The third kappa shape index (κ3) is 5.26. The van der Waals surface area contributed by atoms with Gasteiger partial charge in [0.05, 0.1) is 18.1 Å². The minimum atomic E-state index is -0.573. The van der Waals surface area contributed by atoms with E-state index in [2.05, 4.69) is 15.3 Å².